The zero-order valence-electron chi connectivity index (χ0n) is 11.3. The molecule has 3 heterocycles. The number of nitrogens with two attached hydrogens (primary N) is 1. The molecule has 0 saturated heterocycles. The van der Waals surface area contributed by atoms with Gasteiger partial charge in [-0.1, -0.05) is 0 Å². The first-order valence-corrected chi connectivity index (χ1v) is 6.73. The summed E-state index contributed by atoms with van der Waals surface area (Å²) in [5.74, 6) is 1.66. The summed E-state index contributed by atoms with van der Waals surface area (Å²) in [4.78, 5) is 4.67. The van der Waals surface area contributed by atoms with Crippen LogP contribution in [0.1, 0.15) is 11.1 Å². The average molecular weight is 265 g/mol. The number of aromatic nitrogens is 2. The summed E-state index contributed by atoms with van der Waals surface area (Å²) in [5.41, 5.74) is 11.4. The van der Waals surface area contributed by atoms with Crippen LogP contribution in [0.3, 0.4) is 0 Å². The minimum absolute atomic E-state index is 0.680. The normalized spacial score (nSPS) is 13.4. The van der Waals surface area contributed by atoms with Gasteiger partial charge in [-0.05, 0) is 48.4 Å². The number of pyridine rings is 1. The highest BCUT2D eigenvalue weighted by Gasteiger charge is 2.16. The lowest BCUT2D eigenvalue weighted by molar-refractivity contribution is 0.357. The van der Waals surface area contributed by atoms with Crippen molar-refractivity contribution < 1.29 is 4.74 Å². The second-order valence-corrected chi connectivity index (χ2v) is 5.20. The molecule has 3 aromatic rings. The smallest absolute Gasteiger partial charge is 0.139 e. The third kappa shape index (κ3) is 1.58. The minimum atomic E-state index is 0.680. The lowest BCUT2D eigenvalue weighted by atomic mass is 10.1. The van der Waals surface area contributed by atoms with E-state index in [0.717, 1.165) is 35.7 Å². The Morgan fingerprint density at radius 3 is 3.05 bits per heavy atom. The van der Waals surface area contributed by atoms with Crippen molar-refractivity contribution in [2.24, 2.45) is 0 Å². The average Bonchev–Trinajstić information content (AvgIpc) is 3.02. The number of anilines is 1. The van der Waals surface area contributed by atoms with Crippen LogP contribution in [0, 0.1) is 6.92 Å². The van der Waals surface area contributed by atoms with Gasteiger partial charge in [-0.15, -0.1) is 0 Å². The molecule has 0 atom stereocenters. The molecule has 0 bridgehead atoms. The molecule has 4 heteroatoms. The second kappa shape index (κ2) is 4.00. The number of ether oxygens (including phenoxy) is 1. The Bertz CT molecular complexity index is 820. The summed E-state index contributed by atoms with van der Waals surface area (Å²) in [7, 11) is 0. The van der Waals surface area contributed by atoms with Gasteiger partial charge in [0.25, 0.3) is 0 Å². The summed E-state index contributed by atoms with van der Waals surface area (Å²) >= 11 is 0. The van der Waals surface area contributed by atoms with E-state index in [1.54, 1.807) is 0 Å². The van der Waals surface area contributed by atoms with E-state index in [2.05, 4.69) is 18.0 Å². The number of hydrogen-bond acceptors (Lipinski definition) is 3. The SMILES string of the molecule is Cc1ccn2c(N)c(-c3ccc4c(c3)CCO4)nc2c1. The zero-order valence-corrected chi connectivity index (χ0v) is 11.3. The van der Waals surface area contributed by atoms with E-state index >= 15 is 0 Å². The monoisotopic (exact) mass is 265 g/mol. The first kappa shape index (κ1) is 11.3. The fourth-order valence-electron chi connectivity index (χ4n) is 2.71. The summed E-state index contributed by atoms with van der Waals surface area (Å²) in [5, 5.41) is 0. The van der Waals surface area contributed by atoms with Gasteiger partial charge in [0.05, 0.1) is 6.61 Å². The minimum Gasteiger partial charge on any atom is -0.493 e. The fourth-order valence-corrected chi connectivity index (χ4v) is 2.71. The molecule has 0 aliphatic carbocycles. The zero-order chi connectivity index (χ0) is 13.7. The highest BCUT2D eigenvalue weighted by Crippen LogP contribution is 2.32. The number of rotatable bonds is 1. The molecule has 0 unspecified atom stereocenters. The molecule has 2 N–H and O–H groups in total. The Morgan fingerprint density at radius 2 is 2.15 bits per heavy atom. The van der Waals surface area contributed by atoms with Gasteiger partial charge < -0.3 is 10.5 Å². The molecular formula is C16H15N3O. The Morgan fingerprint density at radius 1 is 1.25 bits per heavy atom. The third-order valence-corrected chi connectivity index (χ3v) is 3.78. The first-order valence-electron chi connectivity index (χ1n) is 6.73. The van der Waals surface area contributed by atoms with Crippen LogP contribution in [0.2, 0.25) is 0 Å². The van der Waals surface area contributed by atoms with Crippen LogP contribution < -0.4 is 10.5 Å². The molecule has 1 aliphatic rings. The van der Waals surface area contributed by atoms with Crippen molar-refractivity contribution in [1.82, 2.24) is 9.38 Å². The Labute approximate surface area is 116 Å². The van der Waals surface area contributed by atoms with E-state index in [4.69, 9.17) is 10.5 Å². The van der Waals surface area contributed by atoms with E-state index < -0.39 is 0 Å². The molecule has 0 saturated carbocycles. The van der Waals surface area contributed by atoms with Gasteiger partial charge in [-0.3, -0.25) is 4.40 Å². The van der Waals surface area contributed by atoms with Crippen molar-refractivity contribution in [1.29, 1.82) is 0 Å². The predicted octanol–water partition coefficient (Wildman–Crippen LogP) is 2.83. The van der Waals surface area contributed by atoms with E-state index in [-0.39, 0.29) is 0 Å². The van der Waals surface area contributed by atoms with Gasteiger partial charge in [0.2, 0.25) is 0 Å². The van der Waals surface area contributed by atoms with Crippen molar-refractivity contribution in [2.75, 3.05) is 12.3 Å². The van der Waals surface area contributed by atoms with Crippen LogP contribution in [0.25, 0.3) is 16.9 Å². The molecule has 0 spiro atoms. The predicted molar refractivity (Wildman–Crippen MR) is 79.0 cm³/mol. The van der Waals surface area contributed by atoms with Gasteiger partial charge in [0.1, 0.15) is 22.9 Å². The highest BCUT2D eigenvalue weighted by molar-refractivity contribution is 5.76. The van der Waals surface area contributed by atoms with E-state index in [1.807, 2.05) is 34.9 Å². The lowest BCUT2D eigenvalue weighted by Crippen LogP contribution is -1.94. The van der Waals surface area contributed by atoms with Crippen molar-refractivity contribution in [2.45, 2.75) is 13.3 Å². The molecule has 2 aromatic heterocycles. The van der Waals surface area contributed by atoms with Crippen molar-refractivity contribution >= 4 is 11.5 Å². The quantitative estimate of drug-likeness (QED) is 0.736. The second-order valence-electron chi connectivity index (χ2n) is 5.20. The van der Waals surface area contributed by atoms with Crippen molar-refractivity contribution in [3.8, 4) is 17.0 Å². The fraction of sp³-hybridized carbons (Fsp3) is 0.188. The van der Waals surface area contributed by atoms with Crippen LogP contribution in [-0.4, -0.2) is 16.0 Å². The Hall–Kier alpha value is -2.49. The number of hydrogen-bond donors (Lipinski definition) is 1. The van der Waals surface area contributed by atoms with Gasteiger partial charge in [0, 0.05) is 18.2 Å². The lowest BCUT2D eigenvalue weighted by Gasteiger charge is -2.02. The summed E-state index contributed by atoms with van der Waals surface area (Å²) in [6.45, 7) is 2.82. The van der Waals surface area contributed by atoms with Gasteiger partial charge in [-0.2, -0.15) is 0 Å². The summed E-state index contributed by atoms with van der Waals surface area (Å²) in [6, 6.07) is 10.2. The van der Waals surface area contributed by atoms with Crippen LogP contribution in [0.4, 0.5) is 5.82 Å². The first-order chi connectivity index (χ1) is 9.72. The third-order valence-electron chi connectivity index (χ3n) is 3.78. The van der Waals surface area contributed by atoms with Gasteiger partial charge in [-0.25, -0.2) is 4.98 Å². The van der Waals surface area contributed by atoms with E-state index in [1.165, 1.54) is 11.1 Å². The standard InChI is InChI=1S/C16H15N3O/c1-10-4-6-19-14(8-10)18-15(16(19)17)12-2-3-13-11(9-12)5-7-20-13/h2-4,6,8-9H,5,7,17H2,1H3. The largest absolute Gasteiger partial charge is 0.493 e. The molecule has 100 valence electrons. The maximum absolute atomic E-state index is 6.24. The number of imidazole rings is 1. The highest BCUT2D eigenvalue weighted by atomic mass is 16.5. The topological polar surface area (TPSA) is 52.5 Å². The van der Waals surface area contributed by atoms with E-state index in [9.17, 15) is 0 Å². The van der Waals surface area contributed by atoms with Crippen LogP contribution in [-0.2, 0) is 6.42 Å². The number of nitrogens with zero attached hydrogens (tertiary/aromatic N) is 2. The number of benzene rings is 1. The molecule has 4 nitrogen and oxygen atoms in total. The maximum atomic E-state index is 6.24. The molecule has 4 rings (SSSR count). The van der Waals surface area contributed by atoms with Crippen molar-refractivity contribution in [3.63, 3.8) is 0 Å². The molecule has 1 aliphatic heterocycles. The molecule has 20 heavy (non-hydrogen) atoms. The molecule has 0 radical (unpaired) electrons. The molecular weight excluding hydrogens is 250 g/mol. The molecule has 0 fully saturated rings. The summed E-state index contributed by atoms with van der Waals surface area (Å²) < 4.78 is 7.46. The van der Waals surface area contributed by atoms with Crippen molar-refractivity contribution in [3.05, 3.63) is 47.7 Å². The van der Waals surface area contributed by atoms with Gasteiger partial charge in [0.15, 0.2) is 0 Å². The van der Waals surface area contributed by atoms with Gasteiger partial charge >= 0.3 is 0 Å². The van der Waals surface area contributed by atoms with Crippen LogP contribution >= 0.6 is 0 Å². The number of nitrogen functional groups attached to an aromatic ring is 1. The maximum Gasteiger partial charge on any atom is 0.139 e. The van der Waals surface area contributed by atoms with Crippen LogP contribution in [0.5, 0.6) is 5.75 Å². The number of fused-ring (bicyclic) bond motifs is 2. The summed E-state index contributed by atoms with van der Waals surface area (Å²) in [6.07, 6.45) is 2.92. The van der Waals surface area contributed by atoms with E-state index in [0.29, 0.717) is 5.82 Å². The van der Waals surface area contributed by atoms with Crippen LogP contribution in [0.15, 0.2) is 36.5 Å². The Balaban J connectivity index is 1.91. The molecule has 1 aromatic carbocycles. The molecule has 0 amide bonds. The Kier molecular flexibility index (Phi) is 2.27. The number of aryl methyl sites for hydroxylation is 1.